The maximum absolute atomic E-state index is 7.23. The first-order valence-electron chi connectivity index (χ1n) is 5.27. The second-order valence-electron chi connectivity index (χ2n) is 3.35. The first-order valence-corrected chi connectivity index (χ1v) is 6.50. The molecule has 0 amide bonds. The third kappa shape index (κ3) is 4.16. The molecule has 0 spiro atoms. The van der Waals surface area contributed by atoms with Crippen LogP contribution in [0.5, 0.6) is 0 Å². The molecule has 1 unspecified atom stereocenters. The van der Waals surface area contributed by atoms with E-state index < -0.39 is 0 Å². The van der Waals surface area contributed by atoms with Crippen LogP contribution < -0.4 is 0 Å². The standard InChI is InChI=1S/C13H20N2S/c1-6-8-13(16-5)15(10-9-14)12(4)11(3)7-2/h2,8-9,11,14H,4,6,10H2,1,3,5H3. The molecular weight excluding hydrogens is 216 g/mol. The van der Waals surface area contributed by atoms with Gasteiger partial charge in [-0.05, 0) is 19.6 Å². The lowest BCUT2D eigenvalue weighted by Crippen LogP contribution is -2.25. The van der Waals surface area contributed by atoms with Crippen LogP contribution in [0.3, 0.4) is 0 Å². The summed E-state index contributed by atoms with van der Waals surface area (Å²) < 4.78 is 0. The molecule has 0 aromatic carbocycles. The van der Waals surface area contributed by atoms with Crippen LogP contribution in [0.4, 0.5) is 0 Å². The smallest absolute Gasteiger partial charge is 0.0709 e. The van der Waals surface area contributed by atoms with E-state index in [1.54, 1.807) is 11.8 Å². The summed E-state index contributed by atoms with van der Waals surface area (Å²) in [7, 11) is 0. The molecule has 1 N–H and O–H groups in total. The Balaban J connectivity index is 4.99. The van der Waals surface area contributed by atoms with Gasteiger partial charge in [-0.3, -0.25) is 0 Å². The Morgan fingerprint density at radius 2 is 2.31 bits per heavy atom. The summed E-state index contributed by atoms with van der Waals surface area (Å²) in [6.45, 7) is 8.58. The Morgan fingerprint density at radius 1 is 1.69 bits per heavy atom. The number of nitrogens with zero attached hydrogens (tertiary/aromatic N) is 1. The van der Waals surface area contributed by atoms with Gasteiger partial charge in [-0.15, -0.1) is 18.2 Å². The molecule has 0 saturated carbocycles. The maximum Gasteiger partial charge on any atom is 0.0709 e. The van der Waals surface area contributed by atoms with E-state index in [-0.39, 0.29) is 5.92 Å². The van der Waals surface area contributed by atoms with Crippen LogP contribution in [0.25, 0.3) is 0 Å². The average molecular weight is 236 g/mol. The van der Waals surface area contributed by atoms with Crippen LogP contribution in [-0.4, -0.2) is 23.9 Å². The highest BCUT2D eigenvalue weighted by Gasteiger charge is 2.14. The Kier molecular flexibility index (Phi) is 7.49. The van der Waals surface area contributed by atoms with Gasteiger partial charge in [0.15, 0.2) is 0 Å². The number of nitrogens with one attached hydrogen (secondary N) is 1. The number of hydrogen-bond acceptors (Lipinski definition) is 3. The Hall–Kier alpha value is -1.14. The van der Waals surface area contributed by atoms with E-state index in [1.807, 2.05) is 18.1 Å². The van der Waals surface area contributed by atoms with Crippen molar-refractivity contribution in [3.05, 3.63) is 23.4 Å². The summed E-state index contributed by atoms with van der Waals surface area (Å²) in [5, 5.41) is 8.34. The Morgan fingerprint density at radius 3 is 2.69 bits per heavy atom. The Labute approximate surface area is 103 Å². The minimum atomic E-state index is -0.00708. The SMILES string of the molecule is C#CC(C)C(=C)N(CC=N)C(=CCC)SC. The number of hydrogen-bond donors (Lipinski definition) is 1. The van der Waals surface area contributed by atoms with Crippen LogP contribution in [0.2, 0.25) is 0 Å². The summed E-state index contributed by atoms with van der Waals surface area (Å²) in [6.07, 6.45) is 11.9. The summed E-state index contributed by atoms with van der Waals surface area (Å²) >= 11 is 1.65. The fraction of sp³-hybridized carbons (Fsp3) is 0.462. The molecule has 2 nitrogen and oxygen atoms in total. The minimum Gasteiger partial charge on any atom is -0.334 e. The molecule has 16 heavy (non-hydrogen) atoms. The second-order valence-corrected chi connectivity index (χ2v) is 4.18. The van der Waals surface area contributed by atoms with E-state index in [0.717, 1.165) is 17.1 Å². The van der Waals surface area contributed by atoms with Crippen molar-refractivity contribution in [3.8, 4) is 12.3 Å². The summed E-state index contributed by atoms with van der Waals surface area (Å²) in [5.41, 5.74) is 0.875. The van der Waals surface area contributed by atoms with Crippen LogP contribution in [0.15, 0.2) is 23.4 Å². The topological polar surface area (TPSA) is 27.1 Å². The van der Waals surface area contributed by atoms with Gasteiger partial charge in [0.2, 0.25) is 0 Å². The molecule has 0 saturated heterocycles. The van der Waals surface area contributed by atoms with E-state index in [2.05, 4.69) is 25.5 Å². The highest BCUT2D eigenvalue weighted by molar-refractivity contribution is 8.02. The quantitative estimate of drug-likeness (QED) is 0.542. The first-order chi connectivity index (χ1) is 7.62. The van der Waals surface area contributed by atoms with Crippen LogP contribution in [-0.2, 0) is 0 Å². The molecule has 0 rings (SSSR count). The van der Waals surface area contributed by atoms with Gasteiger partial charge >= 0.3 is 0 Å². The monoisotopic (exact) mass is 236 g/mol. The number of terminal acetylenes is 1. The van der Waals surface area contributed by atoms with Crippen LogP contribution >= 0.6 is 11.8 Å². The molecule has 0 aromatic rings. The molecule has 0 heterocycles. The zero-order valence-electron chi connectivity index (χ0n) is 10.3. The molecule has 0 fully saturated rings. The van der Waals surface area contributed by atoms with E-state index in [0.29, 0.717) is 6.54 Å². The van der Waals surface area contributed by atoms with Crippen molar-refractivity contribution in [1.29, 1.82) is 5.41 Å². The summed E-state index contributed by atoms with van der Waals surface area (Å²) in [5.74, 6) is 2.66. The van der Waals surface area contributed by atoms with Gasteiger partial charge < -0.3 is 10.3 Å². The van der Waals surface area contributed by atoms with Gasteiger partial charge in [-0.25, -0.2) is 0 Å². The molecule has 0 aliphatic heterocycles. The van der Waals surface area contributed by atoms with E-state index in [1.165, 1.54) is 6.21 Å². The average Bonchev–Trinajstić information content (AvgIpc) is 2.31. The van der Waals surface area contributed by atoms with Crippen molar-refractivity contribution in [1.82, 2.24) is 4.90 Å². The van der Waals surface area contributed by atoms with Gasteiger partial charge in [0.05, 0.1) is 17.5 Å². The lowest BCUT2D eigenvalue weighted by molar-refractivity contribution is 0.478. The van der Waals surface area contributed by atoms with Crippen molar-refractivity contribution in [2.45, 2.75) is 20.3 Å². The molecule has 1 atom stereocenters. The molecule has 88 valence electrons. The number of allylic oxidation sites excluding steroid dienone is 2. The third-order valence-corrected chi connectivity index (χ3v) is 3.03. The van der Waals surface area contributed by atoms with Gasteiger partial charge in [0, 0.05) is 11.9 Å². The molecule has 0 bridgehead atoms. The summed E-state index contributed by atoms with van der Waals surface area (Å²) in [6, 6.07) is 0. The molecule has 0 radical (unpaired) electrons. The third-order valence-electron chi connectivity index (χ3n) is 2.22. The number of thioether (sulfide) groups is 1. The molecule has 0 aliphatic rings. The van der Waals surface area contributed by atoms with Crippen LogP contribution in [0, 0.1) is 23.7 Å². The van der Waals surface area contributed by atoms with Gasteiger partial charge in [-0.1, -0.05) is 25.5 Å². The van der Waals surface area contributed by atoms with E-state index >= 15 is 0 Å². The lowest BCUT2D eigenvalue weighted by atomic mass is 10.1. The predicted octanol–water partition coefficient (Wildman–Crippen LogP) is 3.34. The number of rotatable bonds is 7. The van der Waals surface area contributed by atoms with Crippen molar-refractivity contribution in [2.24, 2.45) is 5.92 Å². The first kappa shape index (κ1) is 14.9. The van der Waals surface area contributed by atoms with Gasteiger partial charge in [-0.2, -0.15) is 0 Å². The van der Waals surface area contributed by atoms with Gasteiger partial charge in [0.25, 0.3) is 0 Å². The van der Waals surface area contributed by atoms with Crippen molar-refractivity contribution < 1.29 is 0 Å². The van der Waals surface area contributed by atoms with Crippen molar-refractivity contribution in [3.63, 3.8) is 0 Å². The highest BCUT2D eigenvalue weighted by Crippen LogP contribution is 2.25. The molecule has 3 heteroatoms. The zero-order chi connectivity index (χ0) is 12.6. The fourth-order valence-electron chi connectivity index (χ4n) is 1.25. The highest BCUT2D eigenvalue weighted by atomic mass is 32.2. The van der Waals surface area contributed by atoms with Crippen molar-refractivity contribution in [2.75, 3.05) is 12.8 Å². The second kappa shape index (κ2) is 8.06. The van der Waals surface area contributed by atoms with Gasteiger partial charge in [0.1, 0.15) is 0 Å². The van der Waals surface area contributed by atoms with Crippen LogP contribution in [0.1, 0.15) is 20.3 Å². The molecule has 0 aliphatic carbocycles. The minimum absolute atomic E-state index is 0.00708. The van der Waals surface area contributed by atoms with E-state index in [9.17, 15) is 0 Å². The fourth-order valence-corrected chi connectivity index (χ4v) is 1.99. The normalized spacial score (nSPS) is 12.8. The molecular formula is C13H20N2S. The lowest BCUT2D eigenvalue weighted by Gasteiger charge is -2.28. The largest absolute Gasteiger partial charge is 0.334 e. The Bertz CT molecular complexity index is 312. The maximum atomic E-state index is 7.23. The van der Waals surface area contributed by atoms with E-state index in [4.69, 9.17) is 11.8 Å². The van der Waals surface area contributed by atoms with Crippen molar-refractivity contribution >= 4 is 18.0 Å². The summed E-state index contributed by atoms with van der Waals surface area (Å²) in [4.78, 5) is 2.01. The predicted molar refractivity (Wildman–Crippen MR) is 74.5 cm³/mol. The zero-order valence-corrected chi connectivity index (χ0v) is 11.1. The molecule has 0 aromatic heterocycles.